The van der Waals surface area contributed by atoms with Crippen molar-refractivity contribution in [2.24, 2.45) is 0 Å². The molecule has 0 unspecified atom stereocenters. The van der Waals surface area contributed by atoms with E-state index in [1.807, 2.05) is 6.07 Å². The van der Waals surface area contributed by atoms with Crippen LogP contribution in [0.2, 0.25) is 0 Å². The summed E-state index contributed by atoms with van der Waals surface area (Å²) in [6, 6.07) is 21.5. The lowest BCUT2D eigenvalue weighted by atomic mass is 10.2. The number of hydrogen-bond acceptors (Lipinski definition) is 4. The standard InChI is InChI=1S/C25H21FN4O3/c1-17(31)29(15-18-11-13-19(26)14-12-18)24-25(33)30(22-10-6-5-9-21(22)28-24)16-23(32)27-20-7-3-2-4-8-20/h2-14H,15-16H2,1H3,(H,27,32). The van der Waals surface area contributed by atoms with Gasteiger partial charge >= 0.3 is 0 Å². The number of nitrogens with one attached hydrogen (secondary N) is 1. The van der Waals surface area contributed by atoms with Crippen molar-refractivity contribution in [2.75, 3.05) is 10.2 Å². The van der Waals surface area contributed by atoms with Gasteiger partial charge in [-0.3, -0.25) is 23.9 Å². The molecule has 0 spiro atoms. The van der Waals surface area contributed by atoms with Crippen LogP contribution in [0.1, 0.15) is 12.5 Å². The second kappa shape index (κ2) is 9.44. The molecule has 8 heteroatoms. The van der Waals surface area contributed by atoms with Crippen molar-refractivity contribution in [3.8, 4) is 0 Å². The summed E-state index contributed by atoms with van der Waals surface area (Å²) in [4.78, 5) is 44.3. The average molecular weight is 444 g/mol. The first kappa shape index (κ1) is 21.9. The summed E-state index contributed by atoms with van der Waals surface area (Å²) >= 11 is 0. The van der Waals surface area contributed by atoms with Crippen LogP contribution >= 0.6 is 0 Å². The Morgan fingerprint density at radius 2 is 1.64 bits per heavy atom. The predicted molar refractivity (Wildman–Crippen MR) is 124 cm³/mol. The van der Waals surface area contributed by atoms with E-state index in [-0.39, 0.29) is 18.9 Å². The molecule has 0 fully saturated rings. The molecule has 0 saturated carbocycles. The summed E-state index contributed by atoms with van der Waals surface area (Å²) in [6.45, 7) is 1.10. The van der Waals surface area contributed by atoms with E-state index >= 15 is 0 Å². The maximum absolute atomic E-state index is 13.4. The number of benzene rings is 3. The fraction of sp³-hybridized carbons (Fsp3) is 0.120. The Kier molecular flexibility index (Phi) is 6.26. The van der Waals surface area contributed by atoms with Gasteiger partial charge in [-0.05, 0) is 42.0 Å². The summed E-state index contributed by atoms with van der Waals surface area (Å²) in [5.41, 5.74) is 1.60. The summed E-state index contributed by atoms with van der Waals surface area (Å²) in [5.74, 6) is -1.29. The third kappa shape index (κ3) is 4.95. The molecule has 4 rings (SSSR count). The van der Waals surface area contributed by atoms with Crippen molar-refractivity contribution >= 4 is 34.4 Å². The van der Waals surface area contributed by atoms with Crippen LogP contribution in [0.3, 0.4) is 0 Å². The normalized spacial score (nSPS) is 10.7. The lowest BCUT2D eigenvalue weighted by molar-refractivity contribution is -0.117. The number of amides is 2. The molecule has 1 heterocycles. The maximum atomic E-state index is 13.4. The van der Waals surface area contributed by atoms with Crippen LogP contribution < -0.4 is 15.8 Å². The highest BCUT2D eigenvalue weighted by Crippen LogP contribution is 2.18. The molecule has 2 amide bonds. The van der Waals surface area contributed by atoms with Crippen LogP contribution in [0.25, 0.3) is 11.0 Å². The van der Waals surface area contributed by atoms with Crippen molar-refractivity contribution in [3.05, 3.63) is 101 Å². The third-order valence-corrected chi connectivity index (χ3v) is 5.08. The number of nitrogens with zero attached hydrogens (tertiary/aromatic N) is 3. The SMILES string of the molecule is CC(=O)N(Cc1ccc(F)cc1)c1nc2ccccc2n(CC(=O)Nc2ccccc2)c1=O. The molecule has 33 heavy (non-hydrogen) atoms. The molecule has 1 N–H and O–H groups in total. The van der Waals surface area contributed by atoms with E-state index in [1.165, 1.54) is 40.7 Å². The Labute approximate surface area is 189 Å². The lowest BCUT2D eigenvalue weighted by Gasteiger charge is -2.21. The molecule has 0 bridgehead atoms. The largest absolute Gasteiger partial charge is 0.325 e. The smallest absolute Gasteiger partial charge is 0.294 e. The minimum Gasteiger partial charge on any atom is -0.325 e. The van der Waals surface area contributed by atoms with Gasteiger partial charge in [0.05, 0.1) is 17.6 Å². The number of anilines is 2. The van der Waals surface area contributed by atoms with Crippen LogP contribution in [0, 0.1) is 5.82 Å². The topological polar surface area (TPSA) is 84.3 Å². The molecule has 0 atom stereocenters. The summed E-state index contributed by atoms with van der Waals surface area (Å²) in [6.07, 6.45) is 0. The zero-order valence-corrected chi connectivity index (χ0v) is 17.9. The maximum Gasteiger partial charge on any atom is 0.294 e. The van der Waals surface area contributed by atoms with E-state index < -0.39 is 23.2 Å². The lowest BCUT2D eigenvalue weighted by Crippen LogP contribution is -2.38. The van der Waals surface area contributed by atoms with Gasteiger partial charge in [-0.15, -0.1) is 0 Å². The highest BCUT2D eigenvalue weighted by atomic mass is 19.1. The summed E-state index contributed by atoms with van der Waals surface area (Å²) < 4.78 is 14.6. The van der Waals surface area contributed by atoms with Gasteiger partial charge in [0.25, 0.3) is 5.56 Å². The first-order valence-electron chi connectivity index (χ1n) is 10.3. The Hall–Kier alpha value is -4.33. The highest BCUT2D eigenvalue weighted by molar-refractivity contribution is 5.93. The summed E-state index contributed by atoms with van der Waals surface area (Å²) in [7, 11) is 0. The van der Waals surface area contributed by atoms with Gasteiger partial charge in [-0.25, -0.2) is 9.37 Å². The van der Waals surface area contributed by atoms with Crippen molar-refractivity contribution in [1.82, 2.24) is 9.55 Å². The molecule has 7 nitrogen and oxygen atoms in total. The van der Waals surface area contributed by atoms with Crippen LogP contribution in [-0.4, -0.2) is 21.4 Å². The van der Waals surface area contributed by atoms with Crippen LogP contribution in [0.4, 0.5) is 15.9 Å². The van der Waals surface area contributed by atoms with Gasteiger partial charge in [0.2, 0.25) is 17.6 Å². The Bertz CT molecular complexity index is 1370. The van der Waals surface area contributed by atoms with Gasteiger partial charge in [0.15, 0.2) is 0 Å². The van der Waals surface area contributed by atoms with Crippen LogP contribution in [0.15, 0.2) is 83.7 Å². The van der Waals surface area contributed by atoms with E-state index in [0.717, 1.165) is 0 Å². The number of para-hydroxylation sites is 3. The van der Waals surface area contributed by atoms with Gasteiger partial charge in [-0.1, -0.05) is 42.5 Å². The molecule has 0 aliphatic heterocycles. The fourth-order valence-electron chi connectivity index (χ4n) is 3.49. The zero-order valence-electron chi connectivity index (χ0n) is 17.9. The van der Waals surface area contributed by atoms with Crippen molar-refractivity contribution in [2.45, 2.75) is 20.0 Å². The van der Waals surface area contributed by atoms with Crippen LogP contribution in [0.5, 0.6) is 0 Å². The number of rotatable bonds is 6. The fourth-order valence-corrected chi connectivity index (χ4v) is 3.49. The van der Waals surface area contributed by atoms with E-state index in [9.17, 15) is 18.8 Å². The Morgan fingerprint density at radius 3 is 2.33 bits per heavy atom. The van der Waals surface area contributed by atoms with Gasteiger partial charge in [0.1, 0.15) is 12.4 Å². The van der Waals surface area contributed by atoms with E-state index in [2.05, 4.69) is 10.3 Å². The molecular formula is C25H21FN4O3. The van der Waals surface area contributed by atoms with Crippen molar-refractivity contribution in [3.63, 3.8) is 0 Å². The number of hydrogen-bond donors (Lipinski definition) is 1. The molecule has 0 radical (unpaired) electrons. The number of fused-ring (bicyclic) bond motifs is 1. The zero-order chi connectivity index (χ0) is 23.4. The van der Waals surface area contributed by atoms with Crippen molar-refractivity contribution in [1.29, 1.82) is 0 Å². The van der Waals surface area contributed by atoms with Crippen LogP contribution in [-0.2, 0) is 22.7 Å². The molecule has 166 valence electrons. The quantitative estimate of drug-likeness (QED) is 0.491. The van der Waals surface area contributed by atoms with Gasteiger partial charge in [0, 0.05) is 12.6 Å². The highest BCUT2D eigenvalue weighted by Gasteiger charge is 2.22. The second-order valence-electron chi connectivity index (χ2n) is 7.46. The predicted octanol–water partition coefficient (Wildman–Crippen LogP) is 3.73. The molecule has 3 aromatic carbocycles. The van der Waals surface area contributed by atoms with Gasteiger partial charge in [-0.2, -0.15) is 0 Å². The third-order valence-electron chi connectivity index (χ3n) is 5.08. The van der Waals surface area contributed by atoms with E-state index in [1.54, 1.807) is 48.5 Å². The minimum absolute atomic E-state index is 0.0341. The number of carbonyl (C=O) groups excluding carboxylic acids is 2. The minimum atomic E-state index is -0.575. The number of halogens is 1. The molecule has 0 saturated heterocycles. The number of aromatic nitrogens is 2. The molecule has 0 aliphatic rings. The molecule has 0 aliphatic carbocycles. The second-order valence-corrected chi connectivity index (χ2v) is 7.46. The van der Waals surface area contributed by atoms with E-state index in [0.29, 0.717) is 22.3 Å². The summed E-state index contributed by atoms with van der Waals surface area (Å²) in [5, 5.41) is 2.76. The van der Waals surface area contributed by atoms with Gasteiger partial charge < -0.3 is 5.32 Å². The first-order chi connectivity index (χ1) is 15.9. The average Bonchev–Trinajstić information content (AvgIpc) is 2.81. The first-order valence-corrected chi connectivity index (χ1v) is 10.3. The molecular weight excluding hydrogens is 423 g/mol. The molecule has 1 aromatic heterocycles. The van der Waals surface area contributed by atoms with E-state index in [4.69, 9.17) is 0 Å². The Balaban J connectivity index is 1.74. The molecule has 4 aromatic rings. The monoisotopic (exact) mass is 444 g/mol. The Morgan fingerprint density at radius 1 is 0.970 bits per heavy atom. The number of carbonyl (C=O) groups is 2. The van der Waals surface area contributed by atoms with Crippen molar-refractivity contribution < 1.29 is 14.0 Å².